The lowest BCUT2D eigenvalue weighted by molar-refractivity contribution is -0.959. The lowest BCUT2D eigenvalue weighted by atomic mass is 10.1. The van der Waals surface area contributed by atoms with Crippen molar-refractivity contribution in [3.05, 3.63) is 89.9 Å². The van der Waals surface area contributed by atoms with Gasteiger partial charge in [0.15, 0.2) is 0 Å². The fourth-order valence-corrected chi connectivity index (χ4v) is 7.05. The molecule has 1 N–H and O–H groups in total. The van der Waals surface area contributed by atoms with E-state index in [2.05, 4.69) is 39.5 Å². The number of imidazole rings is 1. The number of aliphatic hydroxyl groups excluding tert-OH is 1. The first-order valence-electron chi connectivity index (χ1n) is 18.8. The number of unbranched alkanes of at least 4 members (excludes halogenated alkanes) is 1. The van der Waals surface area contributed by atoms with Gasteiger partial charge in [-0.1, -0.05) is 27.2 Å². The maximum atomic E-state index is 13.3. The van der Waals surface area contributed by atoms with Crippen molar-refractivity contribution in [2.45, 2.75) is 85.2 Å². The smallest absolute Gasteiger partial charge is 0.416 e. The molecule has 1 atom stereocenters. The fourth-order valence-electron chi connectivity index (χ4n) is 7.05. The van der Waals surface area contributed by atoms with Gasteiger partial charge in [-0.3, -0.25) is 4.90 Å². The number of hydrogen-bond acceptors (Lipinski definition) is 5. The van der Waals surface area contributed by atoms with Gasteiger partial charge in [-0.25, -0.2) is 4.98 Å². The van der Waals surface area contributed by atoms with E-state index in [9.17, 15) is 31.4 Å². The van der Waals surface area contributed by atoms with Gasteiger partial charge in [-0.2, -0.15) is 26.3 Å². The highest BCUT2D eigenvalue weighted by Gasteiger charge is 2.38. The third kappa shape index (κ3) is 10.8. The van der Waals surface area contributed by atoms with E-state index in [0.717, 1.165) is 85.7 Å². The monoisotopic (exact) mass is 763 g/mol. The maximum absolute atomic E-state index is 13.3. The average Bonchev–Trinajstić information content (AvgIpc) is 3.58. The van der Waals surface area contributed by atoms with Crippen LogP contribution in [0.2, 0.25) is 0 Å². The van der Waals surface area contributed by atoms with E-state index in [1.165, 1.54) is 12.1 Å². The molecular weight excluding hydrogens is 710 g/mol. The molecule has 0 saturated heterocycles. The quantitative estimate of drug-likeness (QED) is 0.0420. The molecule has 4 rings (SSSR count). The normalized spacial score (nSPS) is 13.1. The first kappa shape index (κ1) is 42.7. The van der Waals surface area contributed by atoms with Crippen LogP contribution in [0.3, 0.4) is 0 Å². The molecule has 1 heterocycles. The molecule has 13 heteroatoms. The number of quaternary nitrogens is 1. The van der Waals surface area contributed by atoms with Gasteiger partial charge in [0, 0.05) is 49.8 Å². The zero-order chi connectivity index (χ0) is 39.5. The number of hydrogen-bond donors (Lipinski definition) is 1. The second-order valence-corrected chi connectivity index (χ2v) is 13.4. The zero-order valence-corrected chi connectivity index (χ0v) is 31.8. The fraction of sp³-hybridized carbons (Fsp3) is 0.488. The van der Waals surface area contributed by atoms with E-state index < -0.39 is 29.2 Å². The van der Waals surface area contributed by atoms with E-state index in [-0.39, 0.29) is 24.6 Å². The summed E-state index contributed by atoms with van der Waals surface area (Å²) < 4.78 is 94.5. The van der Waals surface area contributed by atoms with Crippen LogP contribution in [0.4, 0.5) is 26.3 Å². The van der Waals surface area contributed by atoms with Crippen LogP contribution in [-0.2, 0) is 18.8 Å². The molecule has 0 amide bonds. The Balaban J connectivity index is 1.47. The third-order valence-electron chi connectivity index (χ3n) is 10.1. The highest BCUT2D eigenvalue weighted by Crippen LogP contribution is 2.39. The van der Waals surface area contributed by atoms with Crippen molar-refractivity contribution < 1.29 is 45.4 Å². The maximum Gasteiger partial charge on any atom is 0.416 e. The molecule has 3 aromatic carbocycles. The number of halogens is 6. The molecular formula is C41H53F6N4O3+. The third-order valence-corrected chi connectivity index (χ3v) is 10.1. The van der Waals surface area contributed by atoms with Crippen molar-refractivity contribution in [1.29, 1.82) is 0 Å². The minimum absolute atomic E-state index is 0.0686. The summed E-state index contributed by atoms with van der Waals surface area (Å²) >= 11 is 0. The van der Waals surface area contributed by atoms with Crippen LogP contribution in [0, 0.1) is 0 Å². The van der Waals surface area contributed by atoms with Gasteiger partial charge in [0.25, 0.3) is 0 Å². The van der Waals surface area contributed by atoms with Crippen LogP contribution in [0.25, 0.3) is 16.9 Å². The Labute approximate surface area is 314 Å². The van der Waals surface area contributed by atoms with Gasteiger partial charge in [-0.05, 0) is 87.0 Å². The number of nitrogens with zero attached hydrogens (tertiary/aromatic N) is 4. The lowest BCUT2D eigenvalue weighted by Gasteiger charge is -2.48. The predicted octanol–water partition coefficient (Wildman–Crippen LogP) is 10.4. The summed E-state index contributed by atoms with van der Waals surface area (Å²) in [6.07, 6.45) is -3.63. The highest BCUT2D eigenvalue weighted by atomic mass is 19.4. The Morgan fingerprint density at radius 3 is 1.89 bits per heavy atom. The van der Waals surface area contributed by atoms with Crippen molar-refractivity contribution in [2.75, 3.05) is 45.9 Å². The molecule has 0 radical (unpaired) electrons. The minimum atomic E-state index is -4.97. The molecule has 0 spiro atoms. The summed E-state index contributed by atoms with van der Waals surface area (Å²) in [5.74, 6) is 1.08. The minimum Gasteiger partial charge on any atom is -0.493 e. The van der Waals surface area contributed by atoms with Crippen molar-refractivity contribution in [2.24, 2.45) is 0 Å². The largest absolute Gasteiger partial charge is 0.493 e. The molecule has 0 aliphatic carbocycles. The second kappa shape index (κ2) is 19.0. The Kier molecular flexibility index (Phi) is 15.0. The predicted molar refractivity (Wildman–Crippen MR) is 199 cm³/mol. The molecule has 7 nitrogen and oxygen atoms in total. The summed E-state index contributed by atoms with van der Waals surface area (Å²) in [7, 11) is 0. The van der Waals surface area contributed by atoms with Gasteiger partial charge in [0.1, 0.15) is 29.2 Å². The first-order valence-corrected chi connectivity index (χ1v) is 18.8. The van der Waals surface area contributed by atoms with Crippen LogP contribution in [0.15, 0.2) is 72.9 Å². The van der Waals surface area contributed by atoms with Crippen LogP contribution < -0.4 is 9.47 Å². The summed E-state index contributed by atoms with van der Waals surface area (Å²) in [5, 5.41) is 9.85. The van der Waals surface area contributed by atoms with Gasteiger partial charge >= 0.3 is 12.4 Å². The number of rotatable bonds is 20. The Hall–Kier alpha value is -4.07. The number of alkyl halides is 6. The van der Waals surface area contributed by atoms with E-state index >= 15 is 0 Å². The molecule has 4 aromatic rings. The number of aliphatic hydroxyl groups is 1. The Morgan fingerprint density at radius 2 is 1.37 bits per heavy atom. The standard InChI is InChI=1S/C41H53F6N4O3/c1-6-11-13-38-48-37(30-14-18-34(19-15-30)53-25-12-23-51(9-4,10-5)39(22-24-52)49(7-2)8-3)29-50(38)33-16-20-35(21-17-33)54-36-27-31(40(42,43)44)26-32(28-36)41(45,46)47/h14-21,26-29,39,52H,6-13,22-25H2,1-5H3/q+1. The van der Waals surface area contributed by atoms with Crippen LogP contribution >= 0.6 is 0 Å². The molecule has 1 unspecified atom stereocenters. The van der Waals surface area contributed by atoms with Gasteiger partial charge < -0.3 is 23.6 Å². The van der Waals surface area contributed by atoms with Crippen LogP contribution in [-0.4, -0.2) is 76.1 Å². The Morgan fingerprint density at radius 1 is 0.778 bits per heavy atom. The SMILES string of the molecule is CCCCc1nc(-c2ccc(OCCC[N+](CC)(CC)C(CCO)N(CC)CC)cc2)cn1-c1ccc(Oc2cc(C(F)(F)F)cc(C(F)(F)F)c2)cc1. The second-order valence-electron chi connectivity index (χ2n) is 13.4. The van der Waals surface area contributed by atoms with E-state index in [0.29, 0.717) is 30.8 Å². The van der Waals surface area contributed by atoms with Crippen molar-refractivity contribution in [3.63, 3.8) is 0 Å². The molecule has 0 saturated carbocycles. The number of ether oxygens (including phenoxy) is 2. The molecule has 54 heavy (non-hydrogen) atoms. The zero-order valence-electron chi connectivity index (χ0n) is 31.8. The van der Waals surface area contributed by atoms with Crippen molar-refractivity contribution in [3.8, 4) is 34.2 Å². The number of aryl methyl sites for hydroxylation is 1. The molecule has 0 aliphatic rings. The highest BCUT2D eigenvalue weighted by molar-refractivity contribution is 5.61. The van der Waals surface area contributed by atoms with Crippen LogP contribution in [0.1, 0.15) is 77.3 Å². The van der Waals surface area contributed by atoms with Gasteiger partial charge in [0.2, 0.25) is 0 Å². The molecule has 296 valence electrons. The summed E-state index contributed by atoms with van der Waals surface area (Å²) in [6, 6.07) is 15.3. The molecule has 1 aromatic heterocycles. The number of aromatic nitrogens is 2. The topological polar surface area (TPSA) is 59.8 Å². The van der Waals surface area contributed by atoms with Crippen molar-refractivity contribution >= 4 is 0 Å². The molecule has 0 fully saturated rings. The lowest BCUT2D eigenvalue weighted by Crippen LogP contribution is -2.63. The number of benzene rings is 3. The molecule has 0 bridgehead atoms. The van der Waals surface area contributed by atoms with Crippen LogP contribution in [0.5, 0.6) is 17.2 Å². The summed E-state index contributed by atoms with van der Waals surface area (Å²) in [6.45, 7) is 16.4. The van der Waals surface area contributed by atoms with E-state index in [1.807, 2.05) is 35.0 Å². The summed E-state index contributed by atoms with van der Waals surface area (Å²) in [5.41, 5.74) is -0.543. The van der Waals surface area contributed by atoms with E-state index in [1.54, 1.807) is 12.1 Å². The van der Waals surface area contributed by atoms with E-state index in [4.69, 9.17) is 14.5 Å². The first-order chi connectivity index (χ1) is 25.7. The van der Waals surface area contributed by atoms with Gasteiger partial charge in [0.05, 0.1) is 49.7 Å². The Bertz CT molecular complexity index is 1700. The summed E-state index contributed by atoms with van der Waals surface area (Å²) in [4.78, 5) is 7.36. The van der Waals surface area contributed by atoms with Gasteiger partial charge in [-0.15, -0.1) is 0 Å². The average molecular weight is 764 g/mol. The van der Waals surface area contributed by atoms with Crippen molar-refractivity contribution in [1.82, 2.24) is 14.5 Å². The molecule has 0 aliphatic heterocycles.